The standard InChI is InChI=1S/C29H29N3O4/c1-20-12-8-9-15-22(20)30(2)25-18-29(21-13-6-5-7-14-21)27(36-4)28(34)32(29)24-17-11-10-16-23(24)31(25)26(33)19-35-3/h5-18,27H,19H2,1-4H3. The Hall–Kier alpha value is -3.94. The van der Waals surface area contributed by atoms with Crippen molar-refractivity contribution in [2.24, 2.45) is 0 Å². The van der Waals surface area contributed by atoms with Gasteiger partial charge in [-0.1, -0.05) is 60.7 Å². The first-order chi connectivity index (χ1) is 17.5. The van der Waals surface area contributed by atoms with E-state index < -0.39 is 11.6 Å². The zero-order chi connectivity index (χ0) is 25.4. The van der Waals surface area contributed by atoms with E-state index in [4.69, 9.17) is 9.47 Å². The van der Waals surface area contributed by atoms with Crippen molar-refractivity contribution in [3.05, 3.63) is 102 Å². The van der Waals surface area contributed by atoms with Crippen molar-refractivity contribution in [3.63, 3.8) is 0 Å². The minimum atomic E-state index is -0.961. The normalized spacial score (nSPS) is 20.6. The Morgan fingerprint density at radius 2 is 1.58 bits per heavy atom. The topological polar surface area (TPSA) is 62.3 Å². The summed E-state index contributed by atoms with van der Waals surface area (Å²) < 4.78 is 11.1. The Morgan fingerprint density at radius 1 is 0.944 bits per heavy atom. The Labute approximate surface area is 211 Å². The highest BCUT2D eigenvalue weighted by molar-refractivity contribution is 6.13. The van der Waals surface area contributed by atoms with Crippen molar-refractivity contribution in [1.82, 2.24) is 0 Å². The number of β-lactam (4-membered cyclic amide) rings is 1. The molecule has 7 heteroatoms. The third-order valence-electron chi connectivity index (χ3n) is 6.97. The number of hydrogen-bond donors (Lipinski definition) is 0. The molecule has 184 valence electrons. The van der Waals surface area contributed by atoms with Crippen LogP contribution in [-0.4, -0.2) is 45.8 Å². The lowest BCUT2D eigenvalue weighted by atomic mass is 9.74. The second kappa shape index (κ2) is 9.26. The molecule has 2 unspecified atom stereocenters. The molecule has 2 aliphatic heterocycles. The van der Waals surface area contributed by atoms with Crippen LogP contribution >= 0.6 is 0 Å². The van der Waals surface area contributed by atoms with Gasteiger partial charge in [-0.3, -0.25) is 19.4 Å². The molecule has 2 heterocycles. The van der Waals surface area contributed by atoms with E-state index in [1.165, 1.54) is 7.11 Å². The molecular formula is C29H29N3O4. The molecule has 36 heavy (non-hydrogen) atoms. The maximum absolute atomic E-state index is 13.7. The molecule has 0 aromatic heterocycles. The predicted molar refractivity (Wildman–Crippen MR) is 140 cm³/mol. The average Bonchev–Trinajstić information content (AvgIpc) is 3.00. The number of methoxy groups -OCH3 is 2. The maximum atomic E-state index is 13.7. The van der Waals surface area contributed by atoms with Crippen molar-refractivity contribution in [2.75, 3.05) is 42.6 Å². The van der Waals surface area contributed by atoms with Gasteiger partial charge in [0, 0.05) is 27.0 Å². The van der Waals surface area contributed by atoms with Crippen LogP contribution in [0.4, 0.5) is 17.1 Å². The van der Waals surface area contributed by atoms with Crippen molar-refractivity contribution in [3.8, 4) is 0 Å². The SMILES string of the molecule is COCC(=O)N1C(N(C)c2ccccc2C)=CC2(c3ccccc3)C(OC)C(=O)N2c2ccccc21. The highest BCUT2D eigenvalue weighted by Gasteiger charge is 2.63. The van der Waals surface area contributed by atoms with Gasteiger partial charge in [-0.25, -0.2) is 0 Å². The van der Waals surface area contributed by atoms with E-state index in [-0.39, 0.29) is 18.4 Å². The molecule has 0 spiro atoms. The van der Waals surface area contributed by atoms with Gasteiger partial charge in [-0.05, 0) is 42.3 Å². The molecule has 5 rings (SSSR count). The molecule has 2 aliphatic rings. The summed E-state index contributed by atoms with van der Waals surface area (Å²) in [5, 5.41) is 0. The summed E-state index contributed by atoms with van der Waals surface area (Å²) >= 11 is 0. The molecule has 2 atom stereocenters. The molecule has 2 amide bonds. The molecule has 3 aromatic rings. The third-order valence-corrected chi connectivity index (χ3v) is 6.97. The lowest BCUT2D eigenvalue weighted by Crippen LogP contribution is -2.72. The summed E-state index contributed by atoms with van der Waals surface area (Å²) in [6, 6.07) is 25.3. The zero-order valence-electron chi connectivity index (χ0n) is 20.8. The monoisotopic (exact) mass is 483 g/mol. The molecule has 0 aliphatic carbocycles. The highest BCUT2D eigenvalue weighted by atomic mass is 16.5. The highest BCUT2D eigenvalue weighted by Crippen LogP contribution is 2.53. The number of benzene rings is 3. The number of carbonyl (C=O) groups excluding carboxylic acids is 2. The number of rotatable bonds is 6. The largest absolute Gasteiger partial charge is 0.375 e. The molecule has 0 saturated carbocycles. The maximum Gasteiger partial charge on any atom is 0.260 e. The number of para-hydroxylation sites is 3. The van der Waals surface area contributed by atoms with Gasteiger partial charge < -0.3 is 14.4 Å². The number of amides is 2. The average molecular weight is 484 g/mol. The summed E-state index contributed by atoms with van der Waals surface area (Å²) in [6.45, 7) is 1.91. The minimum Gasteiger partial charge on any atom is -0.375 e. The van der Waals surface area contributed by atoms with Crippen LogP contribution in [0.3, 0.4) is 0 Å². The molecule has 7 nitrogen and oxygen atoms in total. The van der Waals surface area contributed by atoms with Crippen molar-refractivity contribution in [2.45, 2.75) is 18.6 Å². The van der Waals surface area contributed by atoms with Crippen LogP contribution in [0.25, 0.3) is 0 Å². The van der Waals surface area contributed by atoms with Crippen LogP contribution in [-0.2, 0) is 24.6 Å². The number of anilines is 3. The number of nitrogens with zero attached hydrogens (tertiary/aromatic N) is 3. The molecule has 1 fully saturated rings. The van der Waals surface area contributed by atoms with Crippen molar-refractivity contribution < 1.29 is 19.1 Å². The molecule has 0 radical (unpaired) electrons. The molecule has 1 saturated heterocycles. The van der Waals surface area contributed by atoms with Gasteiger partial charge in [0.25, 0.3) is 11.8 Å². The first kappa shape index (κ1) is 23.8. The van der Waals surface area contributed by atoms with Crippen LogP contribution in [0.2, 0.25) is 0 Å². The number of carbonyl (C=O) groups is 2. The first-order valence-electron chi connectivity index (χ1n) is 11.8. The van der Waals surface area contributed by atoms with Gasteiger partial charge in [0.1, 0.15) is 18.0 Å². The summed E-state index contributed by atoms with van der Waals surface area (Å²) in [6.07, 6.45) is 1.23. The second-order valence-electron chi connectivity index (χ2n) is 8.98. The van der Waals surface area contributed by atoms with E-state index in [0.717, 1.165) is 16.8 Å². The van der Waals surface area contributed by atoms with E-state index in [0.29, 0.717) is 17.2 Å². The van der Waals surface area contributed by atoms with Crippen LogP contribution in [0.15, 0.2) is 90.8 Å². The second-order valence-corrected chi connectivity index (χ2v) is 8.98. The third kappa shape index (κ3) is 3.43. The van der Waals surface area contributed by atoms with Crippen LogP contribution in [0.1, 0.15) is 11.1 Å². The fraction of sp³-hybridized carbons (Fsp3) is 0.241. The zero-order valence-corrected chi connectivity index (χ0v) is 20.8. The smallest absolute Gasteiger partial charge is 0.260 e. The van der Waals surface area contributed by atoms with Gasteiger partial charge in [-0.15, -0.1) is 0 Å². The van der Waals surface area contributed by atoms with E-state index in [1.54, 1.807) is 16.9 Å². The fourth-order valence-electron chi connectivity index (χ4n) is 5.33. The van der Waals surface area contributed by atoms with Crippen molar-refractivity contribution in [1.29, 1.82) is 0 Å². The Morgan fingerprint density at radius 3 is 2.25 bits per heavy atom. The number of aryl methyl sites for hydroxylation is 1. The minimum absolute atomic E-state index is 0.118. The summed E-state index contributed by atoms with van der Waals surface area (Å²) in [5.41, 5.74) is 3.16. The number of hydrogen-bond acceptors (Lipinski definition) is 5. The van der Waals surface area contributed by atoms with E-state index in [9.17, 15) is 9.59 Å². The summed E-state index contributed by atoms with van der Waals surface area (Å²) in [5.74, 6) is 0.201. The molecular weight excluding hydrogens is 454 g/mol. The Bertz CT molecular complexity index is 1340. The van der Waals surface area contributed by atoms with Crippen molar-refractivity contribution >= 4 is 28.9 Å². The molecule has 0 N–H and O–H groups in total. The number of ether oxygens (including phenoxy) is 2. The molecule has 0 bridgehead atoms. The first-order valence-corrected chi connectivity index (χ1v) is 11.8. The van der Waals surface area contributed by atoms with Gasteiger partial charge in [0.15, 0.2) is 6.10 Å². The Kier molecular flexibility index (Phi) is 6.12. The van der Waals surface area contributed by atoms with E-state index in [1.807, 2.05) is 104 Å². The Balaban J connectivity index is 1.85. The van der Waals surface area contributed by atoms with E-state index in [2.05, 4.69) is 0 Å². The predicted octanol–water partition coefficient (Wildman–Crippen LogP) is 4.22. The van der Waals surface area contributed by atoms with Gasteiger partial charge >= 0.3 is 0 Å². The summed E-state index contributed by atoms with van der Waals surface area (Å²) in [4.78, 5) is 32.6. The van der Waals surface area contributed by atoms with Gasteiger partial charge in [0.05, 0.1) is 11.4 Å². The van der Waals surface area contributed by atoms with Crippen LogP contribution in [0.5, 0.6) is 0 Å². The lowest BCUT2D eigenvalue weighted by molar-refractivity contribution is -0.144. The van der Waals surface area contributed by atoms with Gasteiger partial charge in [-0.2, -0.15) is 0 Å². The summed E-state index contributed by atoms with van der Waals surface area (Å²) in [7, 11) is 4.98. The van der Waals surface area contributed by atoms with E-state index >= 15 is 0 Å². The lowest BCUT2D eigenvalue weighted by Gasteiger charge is -2.55. The van der Waals surface area contributed by atoms with Crippen LogP contribution in [0, 0.1) is 6.92 Å². The number of fused-ring (bicyclic) bond motifs is 3. The fourth-order valence-corrected chi connectivity index (χ4v) is 5.33. The quantitative estimate of drug-likeness (QED) is 0.492. The van der Waals surface area contributed by atoms with Crippen LogP contribution < -0.4 is 14.7 Å². The van der Waals surface area contributed by atoms with Gasteiger partial charge in [0.2, 0.25) is 0 Å². The molecule has 3 aromatic carbocycles.